The fourth-order valence-corrected chi connectivity index (χ4v) is 5.91. The Morgan fingerprint density at radius 2 is 1.97 bits per heavy atom. The molecule has 172 valence electrons. The molecule has 7 nitrogen and oxygen atoms in total. The molecule has 4 aromatic rings. The number of H-pyrrole nitrogens is 1. The van der Waals surface area contributed by atoms with Crippen LogP contribution < -0.4 is 4.90 Å². The highest BCUT2D eigenvalue weighted by Crippen LogP contribution is 2.36. The number of hydrogen-bond donors (Lipinski definition) is 2. The number of hydrogen-bond acceptors (Lipinski definition) is 5. The number of aromatic nitrogens is 5. The lowest BCUT2D eigenvalue weighted by atomic mass is 9.92. The van der Waals surface area contributed by atoms with Gasteiger partial charge >= 0.3 is 0 Å². The SMILES string of the molecule is CC1CC(CO)CCN1c1cc(-c2ccc3c(c2)ncn3C2CCCCC2)c2[nH]cnc2n1. The van der Waals surface area contributed by atoms with Gasteiger partial charge in [0, 0.05) is 30.8 Å². The van der Waals surface area contributed by atoms with Crippen LogP contribution in [0.3, 0.4) is 0 Å². The minimum atomic E-state index is 0.267. The Balaban J connectivity index is 1.39. The molecule has 2 fully saturated rings. The van der Waals surface area contributed by atoms with E-state index in [-0.39, 0.29) is 6.61 Å². The van der Waals surface area contributed by atoms with E-state index in [2.05, 4.69) is 50.6 Å². The fraction of sp³-hybridized carbons (Fsp3) is 0.500. The monoisotopic (exact) mass is 444 g/mol. The first kappa shape index (κ1) is 20.7. The first-order valence-corrected chi connectivity index (χ1v) is 12.4. The van der Waals surface area contributed by atoms with E-state index in [9.17, 15) is 5.11 Å². The Bertz CT molecular complexity index is 1270. The van der Waals surface area contributed by atoms with Crippen molar-refractivity contribution >= 4 is 28.0 Å². The van der Waals surface area contributed by atoms with E-state index in [1.807, 2.05) is 6.33 Å². The van der Waals surface area contributed by atoms with Crippen molar-refractivity contribution in [2.75, 3.05) is 18.1 Å². The van der Waals surface area contributed by atoms with Crippen molar-refractivity contribution in [3.8, 4) is 11.1 Å². The number of fused-ring (bicyclic) bond motifs is 2. The molecule has 33 heavy (non-hydrogen) atoms. The van der Waals surface area contributed by atoms with E-state index in [0.29, 0.717) is 18.0 Å². The van der Waals surface area contributed by atoms with E-state index in [1.54, 1.807) is 6.33 Å². The zero-order valence-electron chi connectivity index (χ0n) is 19.2. The van der Waals surface area contributed by atoms with Crippen LogP contribution in [0.2, 0.25) is 0 Å². The zero-order valence-corrected chi connectivity index (χ0v) is 19.2. The molecule has 2 atom stereocenters. The van der Waals surface area contributed by atoms with Crippen molar-refractivity contribution in [3.63, 3.8) is 0 Å². The lowest BCUT2D eigenvalue weighted by Crippen LogP contribution is -2.42. The number of nitrogens with zero attached hydrogens (tertiary/aromatic N) is 5. The van der Waals surface area contributed by atoms with Gasteiger partial charge in [-0.1, -0.05) is 25.3 Å². The lowest BCUT2D eigenvalue weighted by molar-refractivity contribution is 0.190. The summed E-state index contributed by atoms with van der Waals surface area (Å²) in [6.07, 6.45) is 12.2. The van der Waals surface area contributed by atoms with Crippen LogP contribution >= 0.6 is 0 Å². The van der Waals surface area contributed by atoms with Gasteiger partial charge < -0.3 is 19.6 Å². The second-order valence-electron chi connectivity index (χ2n) is 9.89. The van der Waals surface area contributed by atoms with Crippen molar-refractivity contribution < 1.29 is 5.11 Å². The largest absolute Gasteiger partial charge is 0.396 e. The highest BCUT2D eigenvalue weighted by molar-refractivity contribution is 5.94. The summed E-state index contributed by atoms with van der Waals surface area (Å²) in [7, 11) is 0. The van der Waals surface area contributed by atoms with Gasteiger partial charge in [0.25, 0.3) is 0 Å². The van der Waals surface area contributed by atoms with Crippen molar-refractivity contribution in [3.05, 3.63) is 36.9 Å². The first-order valence-electron chi connectivity index (χ1n) is 12.4. The average molecular weight is 445 g/mol. The molecule has 1 aliphatic carbocycles. The molecule has 0 bridgehead atoms. The Labute approximate surface area is 193 Å². The molecule has 0 radical (unpaired) electrons. The van der Waals surface area contributed by atoms with E-state index < -0.39 is 0 Å². The summed E-state index contributed by atoms with van der Waals surface area (Å²) in [6.45, 7) is 3.39. The number of aliphatic hydroxyl groups excluding tert-OH is 1. The molecular weight excluding hydrogens is 412 g/mol. The number of rotatable bonds is 4. The summed E-state index contributed by atoms with van der Waals surface area (Å²) in [5, 5.41) is 9.59. The summed E-state index contributed by atoms with van der Waals surface area (Å²) in [6, 6.07) is 9.74. The van der Waals surface area contributed by atoms with Crippen LogP contribution in [0.25, 0.3) is 33.3 Å². The first-order chi connectivity index (χ1) is 16.2. The van der Waals surface area contributed by atoms with E-state index >= 15 is 0 Å². The van der Waals surface area contributed by atoms with Gasteiger partial charge in [-0.25, -0.2) is 15.0 Å². The predicted octanol–water partition coefficient (Wildman–Crippen LogP) is 5.08. The maximum Gasteiger partial charge on any atom is 0.180 e. The number of pyridine rings is 1. The summed E-state index contributed by atoms with van der Waals surface area (Å²) in [5.41, 5.74) is 6.21. The molecule has 1 saturated heterocycles. The molecule has 1 aromatic carbocycles. The van der Waals surface area contributed by atoms with E-state index in [4.69, 9.17) is 9.97 Å². The lowest BCUT2D eigenvalue weighted by Gasteiger charge is -2.38. The van der Waals surface area contributed by atoms with Gasteiger partial charge in [0.15, 0.2) is 5.65 Å². The summed E-state index contributed by atoms with van der Waals surface area (Å²) < 4.78 is 2.38. The third kappa shape index (κ3) is 3.68. The topological polar surface area (TPSA) is 82.9 Å². The van der Waals surface area contributed by atoms with Gasteiger partial charge in [-0.05, 0) is 62.3 Å². The Hall–Kier alpha value is -2.93. The van der Waals surface area contributed by atoms with Crippen LogP contribution in [-0.2, 0) is 0 Å². The standard InChI is InChI=1S/C26H32N6O/c1-17-11-18(14-33)9-10-31(17)24-13-21(25-26(30-24)28-15-27-25)19-7-8-23-22(12-19)29-16-32(23)20-5-3-2-4-6-20/h7-8,12-13,15-18,20,33H,2-6,9-11,14H2,1H3,(H,27,28,30). The molecule has 1 saturated carbocycles. The second kappa shape index (κ2) is 8.45. The fourth-order valence-electron chi connectivity index (χ4n) is 5.91. The molecule has 4 heterocycles. The molecule has 2 N–H and O–H groups in total. The van der Waals surface area contributed by atoms with Crippen molar-refractivity contribution in [2.45, 2.75) is 64.0 Å². The molecule has 6 rings (SSSR count). The van der Waals surface area contributed by atoms with Crippen molar-refractivity contribution in [1.29, 1.82) is 0 Å². The number of piperidine rings is 1. The van der Waals surface area contributed by atoms with Gasteiger partial charge in [-0.3, -0.25) is 0 Å². The summed E-state index contributed by atoms with van der Waals surface area (Å²) >= 11 is 0. The van der Waals surface area contributed by atoms with Crippen LogP contribution in [-0.4, -0.2) is 48.8 Å². The van der Waals surface area contributed by atoms with Gasteiger partial charge in [-0.2, -0.15) is 0 Å². The number of nitrogens with one attached hydrogen (secondary N) is 1. The van der Waals surface area contributed by atoms with Crippen LogP contribution in [0, 0.1) is 5.92 Å². The molecule has 0 spiro atoms. The molecule has 7 heteroatoms. The third-order valence-electron chi connectivity index (χ3n) is 7.77. The molecule has 2 aliphatic rings. The molecule has 3 aromatic heterocycles. The van der Waals surface area contributed by atoms with Gasteiger partial charge in [0.05, 0.1) is 29.2 Å². The van der Waals surface area contributed by atoms with E-state index in [0.717, 1.165) is 53.0 Å². The Morgan fingerprint density at radius 3 is 2.79 bits per heavy atom. The molecular formula is C26H32N6O. The Kier molecular flexibility index (Phi) is 5.29. The van der Waals surface area contributed by atoms with Gasteiger partial charge in [-0.15, -0.1) is 0 Å². The van der Waals surface area contributed by atoms with Crippen molar-refractivity contribution in [2.24, 2.45) is 5.92 Å². The summed E-state index contributed by atoms with van der Waals surface area (Å²) in [5.74, 6) is 1.34. The number of benzene rings is 1. The molecule has 0 amide bonds. The number of aromatic amines is 1. The van der Waals surface area contributed by atoms with Crippen LogP contribution in [0.5, 0.6) is 0 Å². The maximum atomic E-state index is 9.59. The van der Waals surface area contributed by atoms with Crippen LogP contribution in [0.1, 0.15) is 57.9 Å². The maximum absolute atomic E-state index is 9.59. The van der Waals surface area contributed by atoms with Crippen molar-refractivity contribution in [1.82, 2.24) is 24.5 Å². The third-order valence-corrected chi connectivity index (χ3v) is 7.77. The van der Waals surface area contributed by atoms with Gasteiger partial charge in [0.1, 0.15) is 5.82 Å². The normalized spacial score (nSPS) is 22.4. The quantitative estimate of drug-likeness (QED) is 0.459. The van der Waals surface area contributed by atoms with E-state index in [1.165, 1.54) is 37.6 Å². The Morgan fingerprint density at radius 1 is 1.09 bits per heavy atom. The minimum absolute atomic E-state index is 0.267. The molecule has 2 unspecified atom stereocenters. The number of imidazole rings is 2. The second-order valence-corrected chi connectivity index (χ2v) is 9.89. The summed E-state index contributed by atoms with van der Waals surface area (Å²) in [4.78, 5) is 19.8. The zero-order chi connectivity index (χ0) is 22.4. The van der Waals surface area contributed by atoms with Crippen LogP contribution in [0.15, 0.2) is 36.9 Å². The minimum Gasteiger partial charge on any atom is -0.396 e. The highest BCUT2D eigenvalue weighted by Gasteiger charge is 2.27. The highest BCUT2D eigenvalue weighted by atomic mass is 16.3. The molecule has 1 aliphatic heterocycles. The smallest absolute Gasteiger partial charge is 0.180 e. The average Bonchev–Trinajstić information content (AvgIpc) is 3.50. The number of aliphatic hydroxyl groups is 1. The number of anilines is 1. The van der Waals surface area contributed by atoms with Crippen LogP contribution in [0.4, 0.5) is 5.82 Å². The predicted molar refractivity (Wildman–Crippen MR) is 131 cm³/mol. The van der Waals surface area contributed by atoms with Gasteiger partial charge in [0.2, 0.25) is 0 Å².